The molecule has 0 aliphatic heterocycles. The molecule has 1 aromatic carbocycles. The van der Waals surface area contributed by atoms with Crippen molar-refractivity contribution in [1.29, 1.82) is 0 Å². The van der Waals surface area contributed by atoms with Gasteiger partial charge in [0.1, 0.15) is 0 Å². The van der Waals surface area contributed by atoms with Crippen LogP contribution in [0.2, 0.25) is 5.02 Å². The van der Waals surface area contributed by atoms with Crippen molar-refractivity contribution in [1.82, 2.24) is 19.8 Å². The molecule has 0 radical (unpaired) electrons. The van der Waals surface area contributed by atoms with Crippen LogP contribution in [0, 0.1) is 6.92 Å². The predicted molar refractivity (Wildman–Crippen MR) is 92.0 cm³/mol. The Morgan fingerprint density at radius 1 is 1.22 bits per heavy atom. The second kappa shape index (κ2) is 4.59. The van der Waals surface area contributed by atoms with Gasteiger partial charge >= 0.3 is 0 Å². The van der Waals surface area contributed by atoms with Gasteiger partial charge in [-0.2, -0.15) is 10.2 Å². The summed E-state index contributed by atoms with van der Waals surface area (Å²) in [6.07, 6.45) is 4.31. The van der Waals surface area contributed by atoms with Gasteiger partial charge in [-0.25, -0.2) is 4.52 Å². The van der Waals surface area contributed by atoms with Crippen LogP contribution in [0.1, 0.15) is 30.0 Å². The smallest absolute Gasteiger partial charge is 0.0836 e. The molecule has 1 fully saturated rings. The highest BCUT2D eigenvalue weighted by atomic mass is 35.5. The second-order valence-corrected chi connectivity index (χ2v) is 6.74. The van der Waals surface area contributed by atoms with E-state index in [9.17, 15) is 0 Å². The summed E-state index contributed by atoms with van der Waals surface area (Å²) in [5.41, 5.74) is 6.56. The van der Waals surface area contributed by atoms with Crippen LogP contribution in [0.4, 0.5) is 0 Å². The van der Waals surface area contributed by atoms with Crippen molar-refractivity contribution >= 4 is 28.0 Å². The monoisotopic (exact) mass is 322 g/mol. The minimum atomic E-state index is 0.642. The standard InChI is InChI=1S/C18H15ClN4/c1-10-2-5-14-8-16(11-3-4-11)22-23(14)18(10)12-6-13-9-20-21-17(13)15(19)7-12/h2,5-9,11H,3-4H2,1H3,(H,20,21). The van der Waals surface area contributed by atoms with Gasteiger partial charge in [-0.3, -0.25) is 5.10 Å². The van der Waals surface area contributed by atoms with Crippen LogP contribution in [0.15, 0.2) is 36.5 Å². The van der Waals surface area contributed by atoms with Crippen LogP contribution in [-0.4, -0.2) is 19.8 Å². The Balaban J connectivity index is 1.81. The summed E-state index contributed by atoms with van der Waals surface area (Å²) in [7, 11) is 0. The van der Waals surface area contributed by atoms with E-state index >= 15 is 0 Å². The van der Waals surface area contributed by atoms with Crippen LogP contribution < -0.4 is 0 Å². The summed E-state index contributed by atoms with van der Waals surface area (Å²) in [5.74, 6) is 0.642. The number of nitrogens with zero attached hydrogens (tertiary/aromatic N) is 3. The highest BCUT2D eigenvalue weighted by molar-refractivity contribution is 6.35. The molecule has 1 aliphatic carbocycles. The van der Waals surface area contributed by atoms with E-state index in [4.69, 9.17) is 16.7 Å². The molecule has 0 atom stereocenters. The number of aromatic nitrogens is 4. The molecule has 4 aromatic rings. The normalized spacial score (nSPS) is 14.9. The minimum absolute atomic E-state index is 0.642. The predicted octanol–water partition coefficient (Wildman–Crippen LogP) is 4.72. The fraction of sp³-hybridized carbons (Fsp3) is 0.222. The summed E-state index contributed by atoms with van der Waals surface area (Å²) in [6.45, 7) is 2.11. The second-order valence-electron chi connectivity index (χ2n) is 6.34. The molecule has 1 saturated carbocycles. The van der Waals surface area contributed by atoms with Gasteiger partial charge in [0, 0.05) is 16.9 Å². The van der Waals surface area contributed by atoms with E-state index in [1.54, 1.807) is 6.20 Å². The Labute approximate surface area is 138 Å². The lowest BCUT2D eigenvalue weighted by atomic mass is 10.0. The number of H-pyrrole nitrogens is 1. The van der Waals surface area contributed by atoms with E-state index in [-0.39, 0.29) is 0 Å². The molecule has 0 amide bonds. The number of fused-ring (bicyclic) bond motifs is 2. The largest absolute Gasteiger partial charge is 0.276 e. The number of aromatic amines is 1. The molecule has 1 aliphatic rings. The van der Waals surface area contributed by atoms with Gasteiger partial charge in [-0.05, 0) is 49.6 Å². The molecule has 5 heteroatoms. The third-order valence-corrected chi connectivity index (χ3v) is 4.91. The SMILES string of the molecule is Cc1ccc2cc(C3CC3)nn2c1-c1cc(Cl)c2[nH]ncc2c1. The minimum Gasteiger partial charge on any atom is -0.276 e. The van der Waals surface area contributed by atoms with Gasteiger partial charge in [-0.15, -0.1) is 0 Å². The Morgan fingerprint density at radius 3 is 2.91 bits per heavy atom. The van der Waals surface area contributed by atoms with E-state index in [1.165, 1.54) is 24.1 Å². The van der Waals surface area contributed by atoms with Gasteiger partial charge in [-0.1, -0.05) is 17.7 Å². The zero-order valence-electron chi connectivity index (χ0n) is 12.7. The number of rotatable bonds is 2. The van der Waals surface area contributed by atoms with E-state index in [2.05, 4.69) is 45.9 Å². The third kappa shape index (κ3) is 1.98. The summed E-state index contributed by atoms with van der Waals surface area (Å²) < 4.78 is 2.06. The Bertz CT molecular complexity index is 1060. The highest BCUT2D eigenvalue weighted by Crippen LogP contribution is 2.40. The van der Waals surface area contributed by atoms with Crippen LogP contribution >= 0.6 is 11.6 Å². The Hall–Kier alpha value is -2.33. The first-order valence-electron chi connectivity index (χ1n) is 7.83. The molecule has 0 spiro atoms. The average Bonchev–Trinajstić information content (AvgIpc) is 3.11. The molecule has 3 aromatic heterocycles. The van der Waals surface area contributed by atoms with Crippen molar-refractivity contribution in [2.24, 2.45) is 0 Å². The molecule has 0 unspecified atom stereocenters. The van der Waals surface area contributed by atoms with E-state index in [0.717, 1.165) is 27.7 Å². The first-order valence-corrected chi connectivity index (χ1v) is 8.21. The summed E-state index contributed by atoms with van der Waals surface area (Å²) in [4.78, 5) is 0. The van der Waals surface area contributed by atoms with Crippen molar-refractivity contribution < 1.29 is 0 Å². The van der Waals surface area contributed by atoms with Crippen molar-refractivity contribution in [2.75, 3.05) is 0 Å². The number of hydrogen-bond acceptors (Lipinski definition) is 2. The lowest BCUT2D eigenvalue weighted by Crippen LogP contribution is -1.97. The van der Waals surface area contributed by atoms with Gasteiger partial charge < -0.3 is 0 Å². The molecule has 0 bridgehead atoms. The third-order valence-electron chi connectivity index (χ3n) is 4.62. The van der Waals surface area contributed by atoms with Crippen molar-refractivity contribution in [3.63, 3.8) is 0 Å². The first kappa shape index (κ1) is 13.1. The topological polar surface area (TPSA) is 46.0 Å². The molecule has 5 rings (SSSR count). The van der Waals surface area contributed by atoms with E-state index in [1.807, 2.05) is 6.07 Å². The fourth-order valence-electron chi connectivity index (χ4n) is 3.25. The first-order chi connectivity index (χ1) is 11.2. The number of aryl methyl sites for hydroxylation is 1. The van der Waals surface area contributed by atoms with Crippen molar-refractivity contribution in [3.05, 3.63) is 52.8 Å². The maximum absolute atomic E-state index is 6.42. The molecular formula is C18H15ClN4. The van der Waals surface area contributed by atoms with Crippen LogP contribution in [-0.2, 0) is 0 Å². The highest BCUT2D eigenvalue weighted by Gasteiger charge is 2.27. The Morgan fingerprint density at radius 2 is 2.09 bits per heavy atom. The molecule has 3 heterocycles. The van der Waals surface area contributed by atoms with Gasteiger partial charge in [0.25, 0.3) is 0 Å². The fourth-order valence-corrected chi connectivity index (χ4v) is 3.52. The number of nitrogens with one attached hydrogen (secondary N) is 1. The molecule has 0 saturated heterocycles. The maximum atomic E-state index is 6.42. The molecular weight excluding hydrogens is 308 g/mol. The molecule has 23 heavy (non-hydrogen) atoms. The molecule has 114 valence electrons. The maximum Gasteiger partial charge on any atom is 0.0836 e. The molecule has 4 nitrogen and oxygen atoms in total. The quantitative estimate of drug-likeness (QED) is 0.580. The van der Waals surface area contributed by atoms with Crippen molar-refractivity contribution in [3.8, 4) is 11.3 Å². The van der Waals surface area contributed by atoms with Crippen LogP contribution in [0.25, 0.3) is 27.7 Å². The zero-order chi connectivity index (χ0) is 15.6. The van der Waals surface area contributed by atoms with E-state index < -0.39 is 0 Å². The van der Waals surface area contributed by atoms with Gasteiger partial charge in [0.15, 0.2) is 0 Å². The average molecular weight is 323 g/mol. The summed E-state index contributed by atoms with van der Waals surface area (Å²) in [6, 6.07) is 10.6. The number of benzene rings is 1. The van der Waals surface area contributed by atoms with Crippen LogP contribution in [0.5, 0.6) is 0 Å². The number of hydrogen-bond donors (Lipinski definition) is 1. The van der Waals surface area contributed by atoms with E-state index in [0.29, 0.717) is 10.9 Å². The Kier molecular flexibility index (Phi) is 2.62. The summed E-state index contributed by atoms with van der Waals surface area (Å²) in [5, 5.41) is 13.6. The molecule has 1 N–H and O–H groups in total. The lowest BCUT2D eigenvalue weighted by Gasteiger charge is -2.10. The van der Waals surface area contributed by atoms with Crippen LogP contribution in [0.3, 0.4) is 0 Å². The van der Waals surface area contributed by atoms with Gasteiger partial charge in [0.2, 0.25) is 0 Å². The summed E-state index contributed by atoms with van der Waals surface area (Å²) >= 11 is 6.42. The van der Waals surface area contributed by atoms with Crippen molar-refractivity contribution in [2.45, 2.75) is 25.7 Å². The van der Waals surface area contributed by atoms with Gasteiger partial charge in [0.05, 0.1) is 33.6 Å². The number of halogens is 1. The zero-order valence-corrected chi connectivity index (χ0v) is 13.4. The number of pyridine rings is 1. The lowest BCUT2D eigenvalue weighted by molar-refractivity contribution is 0.893.